The van der Waals surface area contributed by atoms with Crippen molar-refractivity contribution in [3.05, 3.63) is 0 Å². The van der Waals surface area contributed by atoms with E-state index < -0.39 is 0 Å². The molecule has 1 atom stereocenters. The highest BCUT2D eigenvalue weighted by atomic mass is 32.2. The van der Waals surface area contributed by atoms with Gasteiger partial charge in [0.05, 0.1) is 0 Å². The summed E-state index contributed by atoms with van der Waals surface area (Å²) < 4.78 is 0. The zero-order chi connectivity index (χ0) is 12.3. The van der Waals surface area contributed by atoms with Crippen LogP contribution in [0.2, 0.25) is 0 Å². The van der Waals surface area contributed by atoms with Crippen molar-refractivity contribution in [1.29, 1.82) is 0 Å². The highest BCUT2D eigenvalue weighted by molar-refractivity contribution is 7.99. The molecule has 0 aromatic carbocycles. The van der Waals surface area contributed by atoms with Crippen molar-refractivity contribution in [1.82, 2.24) is 10.6 Å². The van der Waals surface area contributed by atoms with Crippen molar-refractivity contribution >= 4 is 29.4 Å². The molecule has 0 aromatic heterocycles. The van der Waals surface area contributed by atoms with Crippen molar-refractivity contribution in [3.8, 4) is 0 Å². The molecule has 1 amide bonds. The van der Waals surface area contributed by atoms with Gasteiger partial charge in [0.25, 0.3) is 0 Å². The minimum Gasteiger partial charge on any atom is -0.396 e. The molecule has 0 aromatic rings. The van der Waals surface area contributed by atoms with Gasteiger partial charge in [-0.2, -0.15) is 23.5 Å². The molecule has 1 aliphatic rings. The predicted molar refractivity (Wildman–Crippen MR) is 75.8 cm³/mol. The number of rotatable bonds is 8. The standard InChI is InChI=1S/C11H22N2O2S2/c14-4-1-5-16-6-3-13-11(15)8-10-9-17-7-2-12-10/h10,12,14H,1-9H2,(H,13,15). The molecule has 4 nitrogen and oxygen atoms in total. The molecular formula is C11H22N2O2S2. The summed E-state index contributed by atoms with van der Waals surface area (Å²) >= 11 is 3.68. The van der Waals surface area contributed by atoms with E-state index in [-0.39, 0.29) is 12.5 Å². The molecule has 3 N–H and O–H groups in total. The molecular weight excluding hydrogens is 256 g/mol. The van der Waals surface area contributed by atoms with Gasteiger partial charge in [0.1, 0.15) is 0 Å². The lowest BCUT2D eigenvalue weighted by Crippen LogP contribution is -2.41. The Labute approximate surface area is 112 Å². The van der Waals surface area contributed by atoms with Crippen molar-refractivity contribution in [2.24, 2.45) is 0 Å². The van der Waals surface area contributed by atoms with Crippen molar-refractivity contribution in [2.45, 2.75) is 18.9 Å². The molecule has 0 bridgehead atoms. The second kappa shape index (κ2) is 10.1. The molecule has 0 spiro atoms. The van der Waals surface area contributed by atoms with E-state index in [4.69, 9.17) is 5.11 Å². The zero-order valence-electron chi connectivity index (χ0n) is 10.1. The summed E-state index contributed by atoms with van der Waals surface area (Å²) in [5.41, 5.74) is 0. The first-order valence-electron chi connectivity index (χ1n) is 6.09. The molecule has 1 fully saturated rings. The van der Waals surface area contributed by atoms with Gasteiger partial charge in [-0.25, -0.2) is 0 Å². The number of nitrogens with one attached hydrogen (secondary N) is 2. The Morgan fingerprint density at radius 3 is 3.12 bits per heavy atom. The molecule has 0 radical (unpaired) electrons. The largest absolute Gasteiger partial charge is 0.396 e. The summed E-state index contributed by atoms with van der Waals surface area (Å²) in [7, 11) is 0. The maximum atomic E-state index is 11.6. The Hall–Kier alpha value is 0.0900. The summed E-state index contributed by atoms with van der Waals surface area (Å²) in [5.74, 6) is 4.23. The quantitative estimate of drug-likeness (QED) is 0.558. The summed E-state index contributed by atoms with van der Waals surface area (Å²) in [5, 5.41) is 14.9. The van der Waals surface area contributed by atoms with Crippen LogP contribution in [0.5, 0.6) is 0 Å². The highest BCUT2D eigenvalue weighted by Gasteiger charge is 2.15. The number of thioether (sulfide) groups is 2. The lowest BCUT2D eigenvalue weighted by Gasteiger charge is -2.22. The van der Waals surface area contributed by atoms with Crippen LogP contribution in [-0.4, -0.2) is 59.8 Å². The number of carbonyl (C=O) groups is 1. The first-order valence-corrected chi connectivity index (χ1v) is 8.40. The fourth-order valence-corrected chi connectivity index (χ4v) is 3.31. The summed E-state index contributed by atoms with van der Waals surface area (Å²) in [6.45, 7) is 2.00. The van der Waals surface area contributed by atoms with Gasteiger partial charge < -0.3 is 15.7 Å². The number of hydrogen-bond donors (Lipinski definition) is 3. The average molecular weight is 278 g/mol. The Balaban J connectivity index is 1.93. The second-order valence-electron chi connectivity index (χ2n) is 3.97. The third-order valence-corrected chi connectivity index (χ3v) is 4.65. The molecule has 17 heavy (non-hydrogen) atoms. The first kappa shape index (κ1) is 15.1. The van der Waals surface area contributed by atoms with Gasteiger partial charge in [0.2, 0.25) is 5.91 Å². The third-order valence-electron chi connectivity index (χ3n) is 2.45. The first-order chi connectivity index (χ1) is 8.33. The molecule has 1 rings (SSSR count). The zero-order valence-corrected chi connectivity index (χ0v) is 11.7. The van der Waals surface area contributed by atoms with E-state index in [0.717, 1.165) is 42.5 Å². The van der Waals surface area contributed by atoms with Crippen molar-refractivity contribution in [3.63, 3.8) is 0 Å². The van der Waals surface area contributed by atoms with Gasteiger partial charge in [-0.3, -0.25) is 4.79 Å². The van der Waals surface area contributed by atoms with Gasteiger partial charge in [0, 0.05) is 49.4 Å². The van der Waals surface area contributed by atoms with Crippen LogP contribution in [0.3, 0.4) is 0 Å². The fraction of sp³-hybridized carbons (Fsp3) is 0.909. The van der Waals surface area contributed by atoms with E-state index >= 15 is 0 Å². The number of carbonyl (C=O) groups excluding carboxylic acids is 1. The Morgan fingerprint density at radius 1 is 1.53 bits per heavy atom. The lowest BCUT2D eigenvalue weighted by atomic mass is 10.2. The van der Waals surface area contributed by atoms with Crippen LogP contribution in [0.25, 0.3) is 0 Å². The van der Waals surface area contributed by atoms with Crippen LogP contribution in [-0.2, 0) is 4.79 Å². The molecule has 1 unspecified atom stereocenters. The van der Waals surface area contributed by atoms with Gasteiger partial charge >= 0.3 is 0 Å². The van der Waals surface area contributed by atoms with E-state index in [1.165, 1.54) is 0 Å². The number of aliphatic hydroxyl groups excluding tert-OH is 1. The van der Waals surface area contributed by atoms with Gasteiger partial charge in [-0.15, -0.1) is 0 Å². The number of amides is 1. The van der Waals surface area contributed by atoms with E-state index in [2.05, 4.69) is 10.6 Å². The molecule has 1 heterocycles. The Kier molecular flexibility index (Phi) is 8.96. The monoisotopic (exact) mass is 278 g/mol. The minimum absolute atomic E-state index is 0.146. The third kappa shape index (κ3) is 7.91. The van der Waals surface area contributed by atoms with Crippen molar-refractivity contribution in [2.75, 3.05) is 42.7 Å². The van der Waals surface area contributed by atoms with E-state index in [1.807, 2.05) is 11.8 Å². The molecule has 0 saturated carbocycles. The molecule has 1 aliphatic heterocycles. The summed E-state index contributed by atoms with van der Waals surface area (Å²) in [6, 6.07) is 0.343. The summed E-state index contributed by atoms with van der Waals surface area (Å²) in [4.78, 5) is 11.6. The van der Waals surface area contributed by atoms with Gasteiger partial charge in [-0.05, 0) is 12.2 Å². The predicted octanol–water partition coefficient (Wildman–Crippen LogP) is 0.313. The van der Waals surface area contributed by atoms with E-state index in [1.54, 1.807) is 11.8 Å². The Morgan fingerprint density at radius 2 is 2.41 bits per heavy atom. The van der Waals surface area contributed by atoms with Crippen LogP contribution >= 0.6 is 23.5 Å². The lowest BCUT2D eigenvalue weighted by molar-refractivity contribution is -0.121. The van der Waals surface area contributed by atoms with Gasteiger partial charge in [-0.1, -0.05) is 0 Å². The molecule has 100 valence electrons. The second-order valence-corrected chi connectivity index (χ2v) is 6.34. The Bertz CT molecular complexity index is 212. The van der Waals surface area contributed by atoms with Gasteiger partial charge in [0.15, 0.2) is 0 Å². The van der Waals surface area contributed by atoms with Crippen molar-refractivity contribution < 1.29 is 9.90 Å². The van der Waals surface area contributed by atoms with E-state index in [0.29, 0.717) is 12.5 Å². The molecule has 6 heteroatoms. The van der Waals surface area contributed by atoms with Crippen LogP contribution in [0, 0.1) is 0 Å². The minimum atomic E-state index is 0.146. The van der Waals surface area contributed by atoms with E-state index in [9.17, 15) is 4.79 Å². The smallest absolute Gasteiger partial charge is 0.221 e. The normalized spacial score (nSPS) is 20.2. The summed E-state index contributed by atoms with van der Waals surface area (Å²) in [6.07, 6.45) is 1.43. The molecule has 0 aliphatic carbocycles. The molecule has 1 saturated heterocycles. The van der Waals surface area contributed by atoms with Crippen LogP contribution in [0.1, 0.15) is 12.8 Å². The maximum Gasteiger partial charge on any atom is 0.221 e. The van der Waals surface area contributed by atoms with Crippen LogP contribution < -0.4 is 10.6 Å². The average Bonchev–Trinajstić information content (AvgIpc) is 2.35. The SMILES string of the molecule is O=C(CC1CSCCN1)NCCSCCCO. The maximum absolute atomic E-state index is 11.6. The fourth-order valence-electron chi connectivity index (χ4n) is 1.58. The number of aliphatic hydroxyl groups is 1. The van der Waals surface area contributed by atoms with Crippen LogP contribution in [0.4, 0.5) is 0 Å². The number of hydrogen-bond acceptors (Lipinski definition) is 5. The highest BCUT2D eigenvalue weighted by Crippen LogP contribution is 2.09. The van der Waals surface area contributed by atoms with Crippen LogP contribution in [0.15, 0.2) is 0 Å². The topological polar surface area (TPSA) is 61.4 Å².